The average Bonchev–Trinajstić information content (AvgIpc) is 3.39. The summed E-state index contributed by atoms with van der Waals surface area (Å²) in [5, 5.41) is 3.05. The number of likely N-dealkylation sites (tertiary alicyclic amines) is 1. The minimum absolute atomic E-state index is 0.0347. The summed E-state index contributed by atoms with van der Waals surface area (Å²) in [6.07, 6.45) is 9.23. The van der Waals surface area contributed by atoms with Crippen LogP contribution in [0.4, 0.5) is 0 Å². The van der Waals surface area contributed by atoms with E-state index in [0.717, 1.165) is 42.9 Å². The Bertz CT molecular complexity index is 971. The molecule has 0 aromatic heterocycles. The van der Waals surface area contributed by atoms with Gasteiger partial charge in [0.25, 0.3) is 0 Å². The van der Waals surface area contributed by atoms with Crippen LogP contribution >= 0.6 is 0 Å². The number of ketones is 1. The first kappa shape index (κ1) is 25.4. The maximum absolute atomic E-state index is 13.9. The number of rotatable bonds is 10. The highest BCUT2D eigenvalue weighted by Crippen LogP contribution is 2.38. The van der Waals surface area contributed by atoms with Gasteiger partial charge >= 0.3 is 0 Å². The van der Waals surface area contributed by atoms with Crippen molar-refractivity contribution in [1.29, 1.82) is 0 Å². The van der Waals surface area contributed by atoms with Gasteiger partial charge in [0.05, 0.1) is 12.1 Å². The largest absolute Gasteiger partial charge is 0.457 e. The molecule has 3 atom stereocenters. The molecular formula is C30H40N2O3. The van der Waals surface area contributed by atoms with Crippen molar-refractivity contribution in [3.05, 3.63) is 60.2 Å². The monoisotopic (exact) mass is 476 g/mol. The first-order valence-corrected chi connectivity index (χ1v) is 13.4. The molecule has 0 unspecified atom stereocenters. The molecule has 1 aliphatic heterocycles. The number of hydrogen-bond donors (Lipinski definition) is 1. The van der Waals surface area contributed by atoms with E-state index in [-0.39, 0.29) is 29.7 Å². The minimum Gasteiger partial charge on any atom is -0.457 e. The van der Waals surface area contributed by atoms with E-state index in [1.807, 2.05) is 61.3 Å². The maximum Gasteiger partial charge on any atom is 0.226 e. The van der Waals surface area contributed by atoms with E-state index in [1.54, 1.807) is 0 Å². The van der Waals surface area contributed by atoms with E-state index in [2.05, 4.69) is 17.4 Å². The van der Waals surface area contributed by atoms with Crippen molar-refractivity contribution in [2.75, 3.05) is 13.6 Å². The van der Waals surface area contributed by atoms with Crippen LogP contribution in [-0.4, -0.2) is 36.2 Å². The van der Waals surface area contributed by atoms with Crippen LogP contribution in [0.5, 0.6) is 11.5 Å². The van der Waals surface area contributed by atoms with E-state index < -0.39 is 0 Å². The van der Waals surface area contributed by atoms with Crippen molar-refractivity contribution in [1.82, 2.24) is 10.2 Å². The molecule has 1 N–H and O–H groups in total. The number of likely N-dealkylation sites (N-methyl/N-ethyl adjacent to an activating group) is 1. The summed E-state index contributed by atoms with van der Waals surface area (Å²) in [7, 11) is 1.81. The third-order valence-corrected chi connectivity index (χ3v) is 7.81. The van der Waals surface area contributed by atoms with Gasteiger partial charge < -0.3 is 15.0 Å². The van der Waals surface area contributed by atoms with Gasteiger partial charge in [0, 0.05) is 18.9 Å². The third-order valence-electron chi connectivity index (χ3n) is 7.81. The molecule has 188 valence electrons. The van der Waals surface area contributed by atoms with Crippen molar-refractivity contribution in [2.45, 2.75) is 76.8 Å². The third kappa shape index (κ3) is 6.72. The number of carbonyl (C=O) groups excluding carboxylic acids is 2. The highest BCUT2D eigenvalue weighted by atomic mass is 16.5. The summed E-state index contributed by atoms with van der Waals surface area (Å²) in [4.78, 5) is 28.9. The average molecular weight is 477 g/mol. The first-order chi connectivity index (χ1) is 17.0. The molecule has 0 spiro atoms. The number of benzene rings is 2. The lowest BCUT2D eigenvalue weighted by Crippen LogP contribution is -2.40. The highest BCUT2D eigenvalue weighted by Gasteiger charge is 2.36. The molecule has 1 saturated heterocycles. The Morgan fingerprint density at radius 2 is 1.71 bits per heavy atom. The molecule has 2 aliphatic rings. The first-order valence-electron chi connectivity index (χ1n) is 13.4. The number of nitrogens with one attached hydrogen (secondary N) is 1. The van der Waals surface area contributed by atoms with Crippen LogP contribution in [0.25, 0.3) is 0 Å². The molecule has 5 nitrogen and oxygen atoms in total. The van der Waals surface area contributed by atoms with Crippen LogP contribution in [0.15, 0.2) is 54.6 Å². The minimum atomic E-state index is -0.231. The molecule has 1 aliphatic carbocycles. The van der Waals surface area contributed by atoms with Crippen molar-refractivity contribution in [2.24, 2.45) is 11.8 Å². The van der Waals surface area contributed by atoms with Gasteiger partial charge in [-0.2, -0.15) is 0 Å². The lowest BCUT2D eigenvalue weighted by molar-refractivity contribution is -0.140. The molecule has 4 rings (SSSR count). The second-order valence-corrected chi connectivity index (χ2v) is 10.3. The zero-order chi connectivity index (χ0) is 24.6. The quantitative estimate of drug-likeness (QED) is 0.437. The normalized spacial score (nSPS) is 20.4. The summed E-state index contributed by atoms with van der Waals surface area (Å²) in [6.45, 7) is 2.64. The molecule has 5 heteroatoms. The van der Waals surface area contributed by atoms with Gasteiger partial charge in [0.15, 0.2) is 0 Å². The number of carbonyl (C=O) groups is 2. The van der Waals surface area contributed by atoms with Crippen LogP contribution in [0.2, 0.25) is 0 Å². The van der Waals surface area contributed by atoms with Crippen molar-refractivity contribution in [3.8, 4) is 11.5 Å². The van der Waals surface area contributed by atoms with E-state index in [0.29, 0.717) is 12.3 Å². The fraction of sp³-hybridized carbons (Fsp3) is 0.533. The number of ether oxygens (including phenoxy) is 1. The SMILES string of the molecule is CN[C@@H](C)C(=O)C[C@@H](CC1CCCCC1)C(=O)N1CCC[C@H]1c1cccc(Oc2ccccc2)c1. The van der Waals surface area contributed by atoms with Gasteiger partial charge in [0.1, 0.15) is 17.3 Å². The molecule has 2 aromatic carbocycles. The standard InChI is InChI=1S/C30H40N2O3/c1-22(31-2)29(33)21-25(19-23-11-5-3-6-12-23)30(34)32-18-10-17-28(32)24-13-9-16-27(20-24)35-26-14-7-4-8-15-26/h4,7-9,13-16,20,22-23,25,28,31H,3,5-6,10-12,17-19,21H2,1-2H3/t22-,25+,28-/m0/s1. The highest BCUT2D eigenvalue weighted by molar-refractivity contribution is 5.89. The van der Waals surface area contributed by atoms with Crippen LogP contribution in [0.1, 0.15) is 76.3 Å². The van der Waals surface area contributed by atoms with E-state index in [4.69, 9.17) is 4.74 Å². The molecule has 1 saturated carbocycles. The maximum atomic E-state index is 13.9. The van der Waals surface area contributed by atoms with Gasteiger partial charge in [-0.15, -0.1) is 0 Å². The lowest BCUT2D eigenvalue weighted by atomic mass is 9.80. The number of hydrogen-bond acceptors (Lipinski definition) is 4. The Balaban J connectivity index is 1.51. The topological polar surface area (TPSA) is 58.6 Å². The number of amides is 1. The van der Waals surface area contributed by atoms with E-state index in [1.165, 1.54) is 32.1 Å². The van der Waals surface area contributed by atoms with Crippen LogP contribution in [0, 0.1) is 11.8 Å². The molecular weight excluding hydrogens is 436 g/mol. The fourth-order valence-corrected chi connectivity index (χ4v) is 5.70. The molecule has 1 amide bonds. The van der Waals surface area contributed by atoms with Gasteiger partial charge in [-0.3, -0.25) is 9.59 Å². The molecule has 2 fully saturated rings. The summed E-state index contributed by atoms with van der Waals surface area (Å²) in [6, 6.07) is 17.7. The van der Waals surface area contributed by atoms with Gasteiger partial charge in [-0.25, -0.2) is 0 Å². The van der Waals surface area contributed by atoms with Gasteiger partial charge in [-0.05, 0) is 69.0 Å². The Hall–Kier alpha value is -2.66. The van der Waals surface area contributed by atoms with E-state index >= 15 is 0 Å². The van der Waals surface area contributed by atoms with Gasteiger partial charge in [0.2, 0.25) is 5.91 Å². The number of para-hydroxylation sites is 1. The Morgan fingerprint density at radius 3 is 2.46 bits per heavy atom. The molecule has 35 heavy (non-hydrogen) atoms. The van der Waals surface area contributed by atoms with E-state index in [9.17, 15) is 9.59 Å². The van der Waals surface area contributed by atoms with Crippen LogP contribution < -0.4 is 10.1 Å². The molecule has 0 bridgehead atoms. The lowest BCUT2D eigenvalue weighted by Gasteiger charge is -2.32. The Labute approximate surface area is 210 Å². The predicted octanol–water partition coefficient (Wildman–Crippen LogP) is 6.30. The van der Waals surface area contributed by atoms with Crippen LogP contribution in [0.3, 0.4) is 0 Å². The van der Waals surface area contributed by atoms with Crippen molar-refractivity contribution >= 4 is 11.7 Å². The molecule has 1 heterocycles. The smallest absolute Gasteiger partial charge is 0.226 e. The van der Waals surface area contributed by atoms with Crippen molar-refractivity contribution < 1.29 is 14.3 Å². The Morgan fingerprint density at radius 1 is 0.971 bits per heavy atom. The fourth-order valence-electron chi connectivity index (χ4n) is 5.70. The molecule has 0 radical (unpaired) electrons. The zero-order valence-electron chi connectivity index (χ0n) is 21.2. The Kier molecular flexibility index (Phi) is 8.97. The summed E-state index contributed by atoms with van der Waals surface area (Å²) < 4.78 is 6.06. The van der Waals surface area contributed by atoms with Crippen molar-refractivity contribution in [3.63, 3.8) is 0 Å². The summed E-state index contributed by atoms with van der Waals surface area (Å²) in [5.41, 5.74) is 1.11. The summed E-state index contributed by atoms with van der Waals surface area (Å²) >= 11 is 0. The van der Waals surface area contributed by atoms with Gasteiger partial charge in [-0.1, -0.05) is 62.4 Å². The second-order valence-electron chi connectivity index (χ2n) is 10.3. The molecule has 2 aromatic rings. The second kappa shape index (κ2) is 12.3. The summed E-state index contributed by atoms with van der Waals surface area (Å²) in [5.74, 6) is 2.20. The number of Topliss-reactive ketones (excluding diaryl/α,β-unsaturated/α-hetero) is 1. The van der Waals surface area contributed by atoms with Crippen LogP contribution in [-0.2, 0) is 9.59 Å². The predicted molar refractivity (Wildman–Crippen MR) is 139 cm³/mol. The zero-order valence-corrected chi connectivity index (χ0v) is 21.2. The number of nitrogens with zero attached hydrogens (tertiary/aromatic N) is 1.